The molecule has 1 aliphatic rings. The Kier molecular flexibility index (Phi) is 10.4. The molecule has 0 aliphatic carbocycles. The van der Waals surface area contributed by atoms with Crippen molar-refractivity contribution in [3.8, 4) is 0 Å². The number of alkyl halides is 3. The summed E-state index contributed by atoms with van der Waals surface area (Å²) >= 11 is 0. The largest absolute Gasteiger partial charge is 0.490 e. The zero-order valence-corrected chi connectivity index (χ0v) is 23.3. The monoisotopic (exact) mass is 592 g/mol. The van der Waals surface area contributed by atoms with E-state index in [4.69, 9.17) is 9.90 Å². The number of sulfonamides is 1. The second-order valence-electron chi connectivity index (χ2n) is 9.31. The molecule has 1 heterocycles. The summed E-state index contributed by atoms with van der Waals surface area (Å²) in [4.78, 5) is 24.2. The zero-order chi connectivity index (χ0) is 30.2. The Bertz CT molecular complexity index is 1490. The summed E-state index contributed by atoms with van der Waals surface area (Å²) in [6.07, 6.45) is -5.08. The van der Waals surface area contributed by atoms with Crippen molar-refractivity contribution < 1.29 is 36.3 Å². The molecule has 1 amide bonds. The second kappa shape index (κ2) is 13.5. The number of amides is 1. The molecule has 0 spiro atoms. The molecule has 0 unspecified atom stereocenters. The lowest BCUT2D eigenvalue weighted by molar-refractivity contribution is -0.192. The second-order valence-corrected chi connectivity index (χ2v) is 11.0. The number of hydrogen-bond acceptors (Lipinski definition) is 6. The van der Waals surface area contributed by atoms with E-state index in [1.54, 1.807) is 43.3 Å². The van der Waals surface area contributed by atoms with E-state index in [1.807, 2.05) is 37.3 Å². The molecule has 0 atom stereocenters. The molecule has 220 valence electrons. The molecule has 41 heavy (non-hydrogen) atoms. The van der Waals surface area contributed by atoms with Crippen molar-refractivity contribution in [3.05, 3.63) is 89.0 Å². The first-order valence-corrected chi connectivity index (χ1v) is 14.1. The molecule has 3 aromatic rings. The molecule has 0 aromatic heterocycles. The molecule has 0 saturated carbocycles. The SMILES string of the molecule is Cc1cccc(CNC(=O)c2ccc(N3CCNCC3)c(NS(=O)(=O)c3ccccc3C)c2)c1.O=C(O)C(F)(F)F. The van der Waals surface area contributed by atoms with Gasteiger partial charge in [-0.15, -0.1) is 0 Å². The van der Waals surface area contributed by atoms with E-state index >= 15 is 0 Å². The highest BCUT2D eigenvalue weighted by Gasteiger charge is 2.38. The highest BCUT2D eigenvalue weighted by Crippen LogP contribution is 2.30. The fraction of sp³-hybridized carbons (Fsp3) is 0.286. The predicted molar refractivity (Wildman–Crippen MR) is 150 cm³/mol. The topological polar surface area (TPSA) is 128 Å². The average molecular weight is 593 g/mol. The van der Waals surface area contributed by atoms with Gasteiger partial charge in [-0.2, -0.15) is 13.2 Å². The highest BCUT2D eigenvalue weighted by atomic mass is 32.2. The Morgan fingerprint density at radius 2 is 1.63 bits per heavy atom. The van der Waals surface area contributed by atoms with Gasteiger partial charge >= 0.3 is 12.1 Å². The molecule has 13 heteroatoms. The van der Waals surface area contributed by atoms with Crippen molar-refractivity contribution in [3.63, 3.8) is 0 Å². The summed E-state index contributed by atoms with van der Waals surface area (Å²) in [6, 6.07) is 20.0. The minimum absolute atomic E-state index is 0.218. The number of aliphatic carboxylic acids is 1. The van der Waals surface area contributed by atoms with Crippen LogP contribution in [0.4, 0.5) is 24.5 Å². The van der Waals surface area contributed by atoms with Crippen LogP contribution in [0.3, 0.4) is 0 Å². The highest BCUT2D eigenvalue weighted by molar-refractivity contribution is 7.92. The van der Waals surface area contributed by atoms with Crippen molar-refractivity contribution in [2.75, 3.05) is 35.8 Å². The number of rotatable bonds is 7. The smallest absolute Gasteiger partial charge is 0.475 e. The minimum Gasteiger partial charge on any atom is -0.475 e. The number of carbonyl (C=O) groups excluding carboxylic acids is 1. The van der Waals surface area contributed by atoms with Gasteiger partial charge in [0.1, 0.15) is 0 Å². The van der Waals surface area contributed by atoms with Crippen molar-refractivity contribution in [2.45, 2.75) is 31.5 Å². The number of nitrogens with one attached hydrogen (secondary N) is 3. The number of benzene rings is 3. The molecule has 9 nitrogen and oxygen atoms in total. The number of carboxylic acid groups (broad SMARTS) is 1. The van der Waals surface area contributed by atoms with Crippen molar-refractivity contribution in [1.29, 1.82) is 0 Å². The summed E-state index contributed by atoms with van der Waals surface area (Å²) in [6.45, 7) is 7.28. The van der Waals surface area contributed by atoms with E-state index in [9.17, 15) is 26.4 Å². The predicted octanol–water partition coefficient (Wildman–Crippen LogP) is 4.08. The Morgan fingerprint density at radius 1 is 0.976 bits per heavy atom. The van der Waals surface area contributed by atoms with Gasteiger partial charge in [-0.1, -0.05) is 48.0 Å². The van der Waals surface area contributed by atoms with Gasteiger partial charge in [0.15, 0.2) is 0 Å². The molecule has 3 aromatic carbocycles. The van der Waals surface area contributed by atoms with Crippen LogP contribution in [0, 0.1) is 13.8 Å². The first-order valence-electron chi connectivity index (χ1n) is 12.6. The minimum atomic E-state index is -5.08. The number of piperazine rings is 1. The fourth-order valence-corrected chi connectivity index (χ4v) is 5.42. The van der Waals surface area contributed by atoms with Crippen LogP contribution in [-0.2, 0) is 21.4 Å². The molecule has 4 rings (SSSR count). The number of carboxylic acids is 1. The summed E-state index contributed by atoms with van der Waals surface area (Å²) in [7, 11) is -3.83. The van der Waals surface area contributed by atoms with Crippen LogP contribution >= 0.6 is 0 Å². The lowest BCUT2D eigenvalue weighted by Gasteiger charge is -2.31. The number of carbonyl (C=O) groups is 2. The van der Waals surface area contributed by atoms with E-state index in [0.717, 1.165) is 43.0 Å². The average Bonchev–Trinajstić information content (AvgIpc) is 2.92. The Balaban J connectivity index is 0.000000587. The zero-order valence-electron chi connectivity index (χ0n) is 22.5. The molecule has 1 aliphatic heterocycles. The Morgan fingerprint density at radius 3 is 2.24 bits per heavy atom. The number of nitrogens with zero attached hydrogens (tertiary/aromatic N) is 1. The van der Waals surface area contributed by atoms with Crippen LogP contribution in [0.2, 0.25) is 0 Å². The third kappa shape index (κ3) is 8.95. The molecule has 1 saturated heterocycles. The van der Waals surface area contributed by atoms with Gasteiger partial charge in [0.05, 0.1) is 16.3 Å². The van der Waals surface area contributed by atoms with Crippen LogP contribution < -0.4 is 20.3 Å². The third-order valence-electron chi connectivity index (χ3n) is 6.12. The maximum atomic E-state index is 13.2. The molecule has 0 bridgehead atoms. The Hall–Kier alpha value is -4.10. The Labute approximate surface area is 236 Å². The van der Waals surface area contributed by atoms with Crippen molar-refractivity contribution >= 4 is 33.3 Å². The van der Waals surface area contributed by atoms with Gasteiger partial charge in [0.2, 0.25) is 0 Å². The van der Waals surface area contributed by atoms with Gasteiger partial charge < -0.3 is 20.6 Å². The van der Waals surface area contributed by atoms with Gasteiger partial charge in [-0.25, -0.2) is 13.2 Å². The summed E-state index contributed by atoms with van der Waals surface area (Å²) in [5.74, 6) is -3.02. The molecule has 0 radical (unpaired) electrons. The van der Waals surface area contributed by atoms with E-state index in [0.29, 0.717) is 23.4 Å². The fourth-order valence-electron chi connectivity index (χ4n) is 4.10. The summed E-state index contributed by atoms with van der Waals surface area (Å²) in [5, 5.41) is 13.4. The summed E-state index contributed by atoms with van der Waals surface area (Å²) < 4.78 is 61.0. The van der Waals surface area contributed by atoms with Crippen molar-refractivity contribution in [1.82, 2.24) is 10.6 Å². The normalized spacial score (nSPS) is 13.5. The van der Waals surface area contributed by atoms with Gasteiger partial charge in [-0.3, -0.25) is 9.52 Å². The molecule has 1 fully saturated rings. The van der Waals surface area contributed by atoms with Crippen LogP contribution in [0.5, 0.6) is 0 Å². The standard InChI is InChI=1S/C26H30N4O3S.C2HF3O2/c1-19-6-5-8-21(16-19)18-28-26(31)22-10-11-24(30-14-12-27-13-15-30)23(17-22)29-34(32,33)25-9-4-3-7-20(25)2;3-2(4,5)1(6)7/h3-11,16-17,27,29H,12-15,18H2,1-2H3,(H,28,31);(H,6,7). The third-order valence-corrected chi connectivity index (χ3v) is 7.65. The first-order chi connectivity index (χ1) is 19.3. The van der Waals surface area contributed by atoms with Crippen LogP contribution in [-0.4, -0.2) is 57.8 Å². The van der Waals surface area contributed by atoms with E-state index in [1.165, 1.54) is 0 Å². The molecule has 4 N–H and O–H groups in total. The number of aryl methyl sites for hydroxylation is 2. The van der Waals surface area contributed by atoms with E-state index in [2.05, 4.69) is 20.3 Å². The first kappa shape index (κ1) is 31.4. The maximum Gasteiger partial charge on any atom is 0.490 e. The van der Waals surface area contributed by atoms with Gasteiger partial charge in [0.25, 0.3) is 15.9 Å². The number of anilines is 2. The van der Waals surface area contributed by atoms with Crippen LogP contribution in [0.25, 0.3) is 0 Å². The molecular formula is C28H31F3N4O5S. The lowest BCUT2D eigenvalue weighted by Crippen LogP contribution is -2.43. The quantitative estimate of drug-likeness (QED) is 0.326. The number of hydrogen-bond donors (Lipinski definition) is 4. The van der Waals surface area contributed by atoms with E-state index < -0.39 is 22.2 Å². The van der Waals surface area contributed by atoms with Crippen LogP contribution in [0.1, 0.15) is 27.0 Å². The van der Waals surface area contributed by atoms with E-state index in [-0.39, 0.29) is 10.8 Å². The van der Waals surface area contributed by atoms with Crippen molar-refractivity contribution in [2.24, 2.45) is 0 Å². The maximum absolute atomic E-state index is 13.2. The van der Waals surface area contributed by atoms with Crippen LogP contribution in [0.15, 0.2) is 71.6 Å². The summed E-state index contributed by atoms with van der Waals surface area (Å²) in [5.41, 5.74) is 4.34. The lowest BCUT2D eigenvalue weighted by atomic mass is 10.1. The van der Waals surface area contributed by atoms with Gasteiger partial charge in [-0.05, 0) is 49.2 Å². The van der Waals surface area contributed by atoms with Gasteiger partial charge in [0, 0.05) is 38.3 Å². The number of halogens is 3. The molecular weight excluding hydrogens is 561 g/mol.